The van der Waals surface area contributed by atoms with Crippen LogP contribution in [0.4, 0.5) is 102 Å². The molecule has 0 heterocycles. The van der Waals surface area contributed by atoms with Crippen LogP contribution >= 0.6 is 0 Å². The molecule has 0 radical (unpaired) electrons. The van der Waals surface area contributed by atoms with Crippen molar-refractivity contribution in [1.82, 2.24) is 0 Å². The van der Waals surface area contributed by atoms with Crippen LogP contribution in [0.1, 0.15) is 0 Å². The third-order valence-electron chi connectivity index (χ3n) is 4.60. The number of hydrogen-bond acceptors (Lipinski definition) is 12. The summed E-state index contributed by atoms with van der Waals surface area (Å²) in [6.45, 7) is 0. The minimum Gasteiger partial charge on any atom is -0.185 e. The fourth-order valence-electron chi connectivity index (χ4n) is 2.08. The molecule has 43 heteroatoms. The number of alkyl halides is 18. The summed E-state index contributed by atoms with van der Waals surface area (Å²) >= 11 is 0. The molecular formula is C24H15F24O12S7+. The average molecular weight is 1180 g/mol. The van der Waals surface area contributed by atoms with Gasteiger partial charge in [0.15, 0.2) is 14.7 Å². The van der Waals surface area contributed by atoms with Crippen molar-refractivity contribution >= 4 is 72.2 Å². The molecule has 0 N–H and O–H groups in total. The summed E-state index contributed by atoms with van der Waals surface area (Å²) in [5.41, 5.74) is -34.5. The van der Waals surface area contributed by atoms with Gasteiger partial charge in [0, 0.05) is 0 Å². The van der Waals surface area contributed by atoms with E-state index in [1.807, 2.05) is 0 Å². The zero-order valence-corrected chi connectivity index (χ0v) is 35.7. The second kappa shape index (κ2) is 25.6. The summed E-state index contributed by atoms with van der Waals surface area (Å²) in [6, 6.07) is 32.2. The van der Waals surface area contributed by atoms with Gasteiger partial charge in [-0.3, -0.25) is 0 Å². The summed E-state index contributed by atoms with van der Waals surface area (Å²) < 4.78 is 362. The number of halogens is 24. The predicted molar refractivity (Wildman–Crippen MR) is 178 cm³/mol. The monoisotopic (exact) mass is 1170 g/mol. The molecule has 0 bridgehead atoms. The smallest absolute Gasteiger partial charge is 0.185 e. The van der Waals surface area contributed by atoms with Gasteiger partial charge < -0.3 is 0 Å². The van der Waals surface area contributed by atoms with Crippen LogP contribution in [0.2, 0.25) is 0 Å². The third-order valence-corrected chi connectivity index (χ3v) is 10.1. The highest BCUT2D eigenvalue weighted by Gasteiger charge is 2.49. The van der Waals surface area contributed by atoms with Crippen molar-refractivity contribution in [3.8, 4) is 0 Å². The van der Waals surface area contributed by atoms with Gasteiger partial charge in [-0.05, 0) is 36.4 Å². The number of rotatable bonds is 3. The molecule has 0 aliphatic carbocycles. The Morgan fingerprint density at radius 1 is 0.239 bits per heavy atom. The maximum absolute atomic E-state index is 10.7. The Balaban J connectivity index is -0.000000362. The first-order chi connectivity index (χ1) is 28.9. The highest BCUT2D eigenvalue weighted by atomic mass is 32.3. The summed E-state index contributed by atoms with van der Waals surface area (Å²) in [5, 5.41) is 0. The summed E-state index contributed by atoms with van der Waals surface area (Å²) in [4.78, 5) is 4.08. The zero-order chi connectivity index (χ0) is 54.9. The fraction of sp³-hybridized carbons (Fsp3) is 0.250. The van der Waals surface area contributed by atoms with Gasteiger partial charge in [-0.2, -0.15) is 130 Å². The van der Waals surface area contributed by atoms with Crippen molar-refractivity contribution in [2.24, 2.45) is 0 Å². The Hall–Kier alpha value is -3.97. The molecule has 0 fully saturated rings. The van der Waals surface area contributed by atoms with E-state index in [1.165, 1.54) is 14.7 Å². The Kier molecular flexibility index (Phi) is 26.6. The molecule has 3 aromatic carbocycles. The molecule has 67 heavy (non-hydrogen) atoms. The van der Waals surface area contributed by atoms with Crippen molar-refractivity contribution in [3.63, 3.8) is 0 Å². The number of benzene rings is 3. The third kappa shape index (κ3) is 30.2. The minimum atomic E-state index is -6.34. The van der Waals surface area contributed by atoms with Gasteiger partial charge in [0.1, 0.15) is 0 Å². The van der Waals surface area contributed by atoms with Crippen molar-refractivity contribution in [2.75, 3.05) is 0 Å². The van der Waals surface area contributed by atoms with Gasteiger partial charge in [-0.15, -0.1) is 0 Å². The van der Waals surface area contributed by atoms with E-state index < -0.39 is 94.4 Å². The van der Waals surface area contributed by atoms with Gasteiger partial charge in [-0.1, -0.05) is 77.9 Å². The van der Waals surface area contributed by atoms with Crippen LogP contribution in [0.15, 0.2) is 106 Å². The molecule has 0 amide bonds. The molecule has 0 saturated heterocycles. The van der Waals surface area contributed by atoms with Crippen molar-refractivity contribution < 1.29 is 153 Å². The molecule has 0 spiro atoms. The summed E-state index contributed by atoms with van der Waals surface area (Å²) in [6.07, 6.45) is 0. The van der Waals surface area contributed by atoms with Crippen LogP contribution in [0.25, 0.3) is 0 Å². The summed E-state index contributed by atoms with van der Waals surface area (Å²) in [7, 11) is -38.1. The molecule has 0 aliphatic rings. The Labute approximate surface area is 362 Å². The first kappa shape index (κ1) is 69.6. The van der Waals surface area contributed by atoms with Gasteiger partial charge >= 0.3 is 94.4 Å². The van der Waals surface area contributed by atoms with Crippen LogP contribution < -0.4 is 0 Å². The Morgan fingerprint density at radius 3 is 0.403 bits per heavy atom. The molecule has 12 nitrogen and oxygen atoms in total. The lowest BCUT2D eigenvalue weighted by Crippen LogP contribution is -2.17. The van der Waals surface area contributed by atoms with Crippen LogP contribution in [0.5, 0.6) is 0 Å². The maximum atomic E-state index is 10.7. The van der Waals surface area contributed by atoms with E-state index >= 15 is 0 Å². The lowest BCUT2D eigenvalue weighted by Gasteiger charge is -2.07. The van der Waals surface area contributed by atoms with E-state index in [4.69, 9.17) is 50.5 Å². The standard InChI is InChI=1S/C18H15S.6CF4O2S/c1-4-10-16(11-5-1)19(17-12-6-2-7-13-17)18-14-8-3-9-15-18;6*2-1(3,4)8(5,6)7/h1-15H;;;;;;/q+1;;;;;;. The topological polar surface area (TPSA) is 205 Å². The lowest BCUT2D eigenvalue weighted by atomic mass is 10.4. The summed E-state index contributed by atoms with van der Waals surface area (Å²) in [5.74, 6) is 0. The van der Waals surface area contributed by atoms with Gasteiger partial charge in [0.2, 0.25) is 0 Å². The van der Waals surface area contributed by atoms with Gasteiger partial charge in [0.05, 0.1) is 10.9 Å². The first-order valence-electron chi connectivity index (χ1n) is 13.9. The largest absolute Gasteiger partial charge is 0.527 e. The molecule has 392 valence electrons. The second-order valence-electron chi connectivity index (χ2n) is 9.55. The molecule has 3 aromatic rings. The van der Waals surface area contributed by atoms with Crippen molar-refractivity contribution in [2.45, 2.75) is 47.7 Å². The van der Waals surface area contributed by atoms with Crippen molar-refractivity contribution in [3.05, 3.63) is 91.0 Å². The molecule has 0 aromatic heterocycles. The second-order valence-corrected chi connectivity index (χ2v) is 19.6. The Bertz CT molecular complexity index is 2200. The molecule has 0 aliphatic heterocycles. The van der Waals surface area contributed by atoms with E-state index in [0.717, 1.165) is 0 Å². The average Bonchev–Trinajstić information content (AvgIpc) is 3.06. The first-order valence-corrected chi connectivity index (χ1v) is 23.4. The lowest BCUT2D eigenvalue weighted by molar-refractivity contribution is -0.0483. The highest BCUT2D eigenvalue weighted by Crippen LogP contribution is 2.31. The van der Waals surface area contributed by atoms with Gasteiger partial charge in [-0.25, -0.2) is 0 Å². The zero-order valence-electron chi connectivity index (χ0n) is 30.0. The van der Waals surface area contributed by atoms with Crippen LogP contribution in [0.3, 0.4) is 0 Å². The minimum absolute atomic E-state index is 0.0146. The Morgan fingerprint density at radius 2 is 0.328 bits per heavy atom. The molecule has 0 atom stereocenters. The van der Waals surface area contributed by atoms with E-state index in [2.05, 4.69) is 91.0 Å². The molecule has 3 rings (SSSR count). The molecule has 0 saturated carbocycles. The highest BCUT2D eigenvalue weighted by molar-refractivity contribution is 7.97. The normalized spacial score (nSPS) is 13.0. The van der Waals surface area contributed by atoms with Crippen LogP contribution in [0, 0.1) is 0 Å². The van der Waals surface area contributed by atoms with E-state index in [1.54, 1.807) is 0 Å². The van der Waals surface area contributed by atoms with E-state index in [9.17, 15) is 102 Å². The van der Waals surface area contributed by atoms with Crippen LogP contribution in [-0.4, -0.2) is 83.6 Å². The fourth-order valence-corrected chi connectivity index (χ4v) is 4.18. The van der Waals surface area contributed by atoms with Crippen molar-refractivity contribution in [1.29, 1.82) is 0 Å². The van der Waals surface area contributed by atoms with Gasteiger partial charge in [0.25, 0.3) is 0 Å². The van der Waals surface area contributed by atoms with E-state index in [-0.39, 0.29) is 10.9 Å². The van der Waals surface area contributed by atoms with E-state index in [0.29, 0.717) is 0 Å². The quantitative estimate of drug-likeness (QED) is 0.137. The number of hydrogen-bond donors (Lipinski definition) is 0. The predicted octanol–water partition coefficient (Wildman–Crippen LogP) is 9.61. The molecule has 0 unspecified atom stereocenters. The van der Waals surface area contributed by atoms with Crippen LogP contribution in [-0.2, 0) is 72.2 Å². The molecular weight excluding hydrogens is 1160 g/mol. The SMILES string of the molecule is O=S(=O)(F)C(F)(F)F.O=S(=O)(F)C(F)(F)F.O=S(=O)(F)C(F)(F)F.O=S(=O)(F)C(F)(F)F.O=S(=O)(F)C(F)(F)F.O=S(=O)(F)C(F)(F)F.c1ccc([S+](c2ccccc2)c2ccccc2)cc1. The maximum Gasteiger partial charge on any atom is 0.527 e.